The summed E-state index contributed by atoms with van der Waals surface area (Å²) in [6, 6.07) is 0.221. The molecule has 1 saturated heterocycles. The smallest absolute Gasteiger partial charge is 0.223 e. The zero-order valence-electron chi connectivity index (χ0n) is 13.7. The Labute approximate surface area is 133 Å². The van der Waals surface area contributed by atoms with Gasteiger partial charge in [0.05, 0.1) is 13.2 Å². The van der Waals surface area contributed by atoms with Crippen molar-refractivity contribution in [1.82, 2.24) is 10.2 Å². The molecule has 1 amide bonds. The van der Waals surface area contributed by atoms with Crippen LogP contribution in [0.2, 0.25) is 0 Å². The van der Waals surface area contributed by atoms with Crippen LogP contribution in [0.4, 0.5) is 0 Å². The lowest BCUT2D eigenvalue weighted by atomic mass is 9.79. The van der Waals surface area contributed by atoms with Crippen molar-refractivity contribution in [3.63, 3.8) is 0 Å². The van der Waals surface area contributed by atoms with E-state index in [9.17, 15) is 4.79 Å². The highest BCUT2D eigenvalue weighted by Crippen LogP contribution is 2.34. The van der Waals surface area contributed by atoms with E-state index in [2.05, 4.69) is 10.2 Å². The zero-order chi connectivity index (χ0) is 15.4. The van der Waals surface area contributed by atoms with Gasteiger partial charge in [-0.05, 0) is 32.1 Å². The number of ether oxygens (including phenoxy) is 1. The molecule has 3 rings (SSSR count). The van der Waals surface area contributed by atoms with Gasteiger partial charge in [0.15, 0.2) is 0 Å². The summed E-state index contributed by atoms with van der Waals surface area (Å²) >= 11 is 0. The van der Waals surface area contributed by atoms with Crippen molar-refractivity contribution in [3.05, 3.63) is 0 Å². The molecule has 126 valence electrons. The molecule has 3 aliphatic rings. The molecule has 2 atom stereocenters. The van der Waals surface area contributed by atoms with Crippen molar-refractivity contribution in [1.29, 1.82) is 0 Å². The van der Waals surface area contributed by atoms with Gasteiger partial charge >= 0.3 is 0 Å². The average molecular weight is 309 g/mol. The maximum Gasteiger partial charge on any atom is 0.223 e. The van der Waals surface area contributed by atoms with E-state index in [0.29, 0.717) is 0 Å². The number of hydrogen-bond acceptors (Lipinski definition) is 4. The van der Waals surface area contributed by atoms with E-state index in [1.165, 1.54) is 32.1 Å². The van der Waals surface area contributed by atoms with Crippen molar-refractivity contribution in [2.45, 2.75) is 62.9 Å². The third kappa shape index (κ3) is 3.63. The van der Waals surface area contributed by atoms with E-state index in [1.807, 2.05) is 0 Å². The van der Waals surface area contributed by atoms with Crippen LogP contribution in [0.3, 0.4) is 0 Å². The lowest BCUT2D eigenvalue weighted by Crippen LogP contribution is -2.60. The molecule has 0 radical (unpaired) electrons. The molecule has 3 N–H and O–H groups in total. The number of nitrogens with zero attached hydrogens (tertiary/aromatic N) is 1. The van der Waals surface area contributed by atoms with Crippen LogP contribution in [-0.2, 0) is 9.53 Å². The molecule has 2 saturated carbocycles. The lowest BCUT2D eigenvalue weighted by molar-refractivity contribution is -0.126. The highest BCUT2D eigenvalue weighted by atomic mass is 16.5. The van der Waals surface area contributed by atoms with Crippen LogP contribution in [0.1, 0.15) is 51.4 Å². The van der Waals surface area contributed by atoms with Gasteiger partial charge < -0.3 is 15.8 Å². The fourth-order valence-electron chi connectivity index (χ4n) is 4.50. The van der Waals surface area contributed by atoms with E-state index < -0.39 is 0 Å². The molecule has 5 heteroatoms. The Morgan fingerprint density at radius 3 is 2.55 bits per heavy atom. The molecule has 22 heavy (non-hydrogen) atoms. The van der Waals surface area contributed by atoms with E-state index in [1.54, 1.807) is 0 Å². The second-order valence-electron chi connectivity index (χ2n) is 7.37. The van der Waals surface area contributed by atoms with Gasteiger partial charge in [-0.1, -0.05) is 19.3 Å². The Balaban J connectivity index is 1.59. The van der Waals surface area contributed by atoms with Crippen LogP contribution >= 0.6 is 0 Å². The summed E-state index contributed by atoms with van der Waals surface area (Å²) in [5.74, 6) is 0.367. The molecule has 0 aromatic heterocycles. The van der Waals surface area contributed by atoms with Gasteiger partial charge in [0.1, 0.15) is 0 Å². The third-order valence-electron chi connectivity index (χ3n) is 5.90. The van der Waals surface area contributed by atoms with Gasteiger partial charge in [0.2, 0.25) is 5.91 Å². The number of nitrogens with two attached hydrogens (primary N) is 1. The summed E-state index contributed by atoms with van der Waals surface area (Å²) in [4.78, 5) is 15.0. The SMILES string of the molecule is NC1CCC(C(=O)NCC2(N3CCOCC3)CCCCC2)C1. The quantitative estimate of drug-likeness (QED) is 0.820. The summed E-state index contributed by atoms with van der Waals surface area (Å²) in [5, 5.41) is 3.28. The molecular formula is C17H31N3O2. The maximum absolute atomic E-state index is 12.4. The van der Waals surface area contributed by atoms with Crippen LogP contribution in [0.25, 0.3) is 0 Å². The zero-order valence-corrected chi connectivity index (χ0v) is 13.7. The van der Waals surface area contributed by atoms with Crippen molar-refractivity contribution in [3.8, 4) is 0 Å². The Morgan fingerprint density at radius 2 is 1.91 bits per heavy atom. The first kappa shape index (κ1) is 16.2. The van der Waals surface area contributed by atoms with Crippen LogP contribution in [-0.4, -0.2) is 55.2 Å². The van der Waals surface area contributed by atoms with E-state index in [0.717, 1.165) is 52.1 Å². The number of amides is 1. The number of carbonyl (C=O) groups excluding carboxylic acids is 1. The minimum Gasteiger partial charge on any atom is -0.379 e. The Bertz CT molecular complexity index is 376. The summed E-state index contributed by atoms with van der Waals surface area (Å²) in [6.07, 6.45) is 9.11. The summed E-state index contributed by atoms with van der Waals surface area (Å²) in [5.41, 5.74) is 6.11. The Kier molecular flexibility index (Phi) is 5.37. The first-order valence-corrected chi connectivity index (χ1v) is 9.06. The predicted octanol–water partition coefficient (Wildman–Crippen LogP) is 1.27. The number of hydrogen-bond donors (Lipinski definition) is 2. The number of nitrogens with one attached hydrogen (secondary N) is 1. The highest BCUT2D eigenvalue weighted by Gasteiger charge is 2.39. The van der Waals surface area contributed by atoms with Crippen LogP contribution in [0, 0.1) is 5.92 Å². The lowest BCUT2D eigenvalue weighted by Gasteiger charge is -2.48. The average Bonchev–Trinajstić information content (AvgIpc) is 3.01. The monoisotopic (exact) mass is 309 g/mol. The van der Waals surface area contributed by atoms with Crippen LogP contribution in [0.5, 0.6) is 0 Å². The van der Waals surface area contributed by atoms with Gasteiger partial charge in [-0.25, -0.2) is 0 Å². The minimum absolute atomic E-state index is 0.139. The molecular weight excluding hydrogens is 278 g/mol. The van der Waals surface area contributed by atoms with E-state index >= 15 is 0 Å². The highest BCUT2D eigenvalue weighted by molar-refractivity contribution is 5.79. The Morgan fingerprint density at radius 1 is 1.18 bits per heavy atom. The van der Waals surface area contributed by atoms with E-state index in [4.69, 9.17) is 10.5 Å². The summed E-state index contributed by atoms with van der Waals surface area (Å²) < 4.78 is 5.51. The second kappa shape index (κ2) is 7.28. The van der Waals surface area contributed by atoms with Gasteiger partial charge in [-0.2, -0.15) is 0 Å². The molecule has 2 unspecified atom stereocenters. The molecule has 3 fully saturated rings. The van der Waals surface area contributed by atoms with Crippen LogP contribution in [0.15, 0.2) is 0 Å². The number of carbonyl (C=O) groups is 1. The fraction of sp³-hybridized carbons (Fsp3) is 0.941. The molecule has 0 bridgehead atoms. The maximum atomic E-state index is 12.4. The molecule has 0 aromatic rings. The van der Waals surface area contributed by atoms with Gasteiger partial charge in [-0.3, -0.25) is 9.69 Å². The predicted molar refractivity (Wildman–Crippen MR) is 86.5 cm³/mol. The Hall–Kier alpha value is -0.650. The molecule has 0 aromatic carbocycles. The molecule has 2 aliphatic carbocycles. The third-order valence-corrected chi connectivity index (χ3v) is 5.90. The number of rotatable bonds is 4. The first-order valence-electron chi connectivity index (χ1n) is 9.06. The van der Waals surface area contributed by atoms with Crippen LogP contribution < -0.4 is 11.1 Å². The van der Waals surface area contributed by atoms with Crippen molar-refractivity contribution in [2.75, 3.05) is 32.8 Å². The fourth-order valence-corrected chi connectivity index (χ4v) is 4.50. The molecule has 1 heterocycles. The minimum atomic E-state index is 0.139. The normalized spacial score (nSPS) is 32.8. The standard InChI is InChI=1S/C17H31N3O2/c18-15-5-4-14(12-15)16(21)19-13-17(6-2-1-3-7-17)20-8-10-22-11-9-20/h14-15H,1-13,18H2,(H,19,21). The van der Waals surface area contributed by atoms with Crippen molar-refractivity contribution < 1.29 is 9.53 Å². The van der Waals surface area contributed by atoms with Crippen molar-refractivity contribution >= 4 is 5.91 Å². The van der Waals surface area contributed by atoms with Gasteiger partial charge in [0.25, 0.3) is 0 Å². The molecule has 0 spiro atoms. The van der Waals surface area contributed by atoms with Gasteiger partial charge in [0, 0.05) is 37.1 Å². The van der Waals surface area contributed by atoms with Gasteiger partial charge in [-0.15, -0.1) is 0 Å². The number of morpholine rings is 1. The van der Waals surface area contributed by atoms with Crippen molar-refractivity contribution in [2.24, 2.45) is 11.7 Å². The second-order valence-corrected chi connectivity index (χ2v) is 7.37. The van der Waals surface area contributed by atoms with E-state index in [-0.39, 0.29) is 23.4 Å². The first-order chi connectivity index (χ1) is 10.7. The molecule has 5 nitrogen and oxygen atoms in total. The summed E-state index contributed by atoms with van der Waals surface area (Å²) in [7, 11) is 0. The topological polar surface area (TPSA) is 67.6 Å². The summed E-state index contributed by atoms with van der Waals surface area (Å²) in [6.45, 7) is 4.46. The largest absolute Gasteiger partial charge is 0.379 e. The molecule has 1 aliphatic heterocycles.